The summed E-state index contributed by atoms with van der Waals surface area (Å²) >= 11 is 0. The van der Waals surface area contributed by atoms with E-state index < -0.39 is 0 Å². The summed E-state index contributed by atoms with van der Waals surface area (Å²) in [6.45, 7) is 10.6. The molecular formula is C19H34N2. The molecule has 0 spiro atoms. The lowest BCUT2D eigenvalue weighted by Crippen LogP contribution is -3.04. The van der Waals surface area contributed by atoms with Crippen LogP contribution in [0.1, 0.15) is 84.5 Å². The summed E-state index contributed by atoms with van der Waals surface area (Å²) in [5.41, 5.74) is 1.60. The first kappa shape index (κ1) is 19.9. The SMILES string of the molecule is CCCCCCCCCCC[NH+]1C=CC=C1CCC.[C-]#N. The van der Waals surface area contributed by atoms with Crippen LogP contribution >= 0.6 is 0 Å². The van der Waals surface area contributed by atoms with E-state index in [1.165, 1.54) is 77.2 Å². The van der Waals surface area contributed by atoms with Crippen LogP contribution in [-0.4, -0.2) is 6.54 Å². The van der Waals surface area contributed by atoms with Crippen molar-refractivity contribution in [1.82, 2.24) is 0 Å². The number of quaternary nitrogens is 1. The first-order valence-electron chi connectivity index (χ1n) is 8.84. The zero-order valence-corrected chi connectivity index (χ0v) is 14.2. The zero-order valence-electron chi connectivity index (χ0n) is 14.2. The molecule has 0 fully saturated rings. The Labute approximate surface area is 132 Å². The summed E-state index contributed by atoms with van der Waals surface area (Å²) in [5.74, 6) is 0. The van der Waals surface area contributed by atoms with E-state index in [2.05, 4.69) is 32.2 Å². The van der Waals surface area contributed by atoms with Gasteiger partial charge in [0.05, 0.1) is 12.7 Å². The molecule has 0 aliphatic carbocycles. The molecule has 0 aromatic heterocycles. The summed E-state index contributed by atoms with van der Waals surface area (Å²) in [7, 11) is 0. The van der Waals surface area contributed by atoms with Gasteiger partial charge in [0.25, 0.3) is 0 Å². The molecule has 1 aliphatic rings. The number of hydrogen-bond donors (Lipinski definition) is 1. The minimum atomic E-state index is 1.26. The molecule has 21 heavy (non-hydrogen) atoms. The van der Waals surface area contributed by atoms with E-state index in [1.807, 2.05) is 0 Å². The largest absolute Gasteiger partial charge is 0.512 e. The van der Waals surface area contributed by atoms with Crippen molar-refractivity contribution in [3.63, 3.8) is 0 Å². The highest BCUT2D eigenvalue weighted by molar-refractivity contribution is 5.10. The maximum Gasteiger partial charge on any atom is 0.112 e. The predicted octanol–water partition coefficient (Wildman–Crippen LogP) is 4.71. The average Bonchev–Trinajstić information content (AvgIpc) is 2.95. The van der Waals surface area contributed by atoms with Gasteiger partial charge >= 0.3 is 0 Å². The number of nitrogens with one attached hydrogen (secondary N) is 1. The maximum absolute atomic E-state index is 6.25. The Bertz CT molecular complexity index is 302. The third-order valence-corrected chi connectivity index (χ3v) is 4.08. The molecule has 1 rings (SSSR count). The third-order valence-electron chi connectivity index (χ3n) is 4.08. The molecule has 0 saturated heterocycles. The van der Waals surface area contributed by atoms with Gasteiger partial charge in [0.1, 0.15) is 5.70 Å². The van der Waals surface area contributed by atoms with Crippen molar-refractivity contribution in [2.24, 2.45) is 0 Å². The Morgan fingerprint density at radius 3 is 2.00 bits per heavy atom. The van der Waals surface area contributed by atoms with E-state index in [9.17, 15) is 0 Å². The Hall–Kier alpha value is -1.07. The van der Waals surface area contributed by atoms with Crippen molar-refractivity contribution in [3.05, 3.63) is 30.6 Å². The lowest BCUT2D eigenvalue weighted by atomic mass is 10.1. The monoisotopic (exact) mass is 290 g/mol. The van der Waals surface area contributed by atoms with Crippen LogP contribution in [0.25, 0.3) is 0 Å². The van der Waals surface area contributed by atoms with Crippen LogP contribution in [0.15, 0.2) is 24.0 Å². The van der Waals surface area contributed by atoms with Crippen molar-refractivity contribution in [3.8, 4) is 0 Å². The van der Waals surface area contributed by atoms with Gasteiger partial charge in [-0.05, 0) is 25.3 Å². The molecular weight excluding hydrogens is 256 g/mol. The molecule has 1 N–H and O–H groups in total. The van der Waals surface area contributed by atoms with Crippen molar-refractivity contribution in [1.29, 1.82) is 5.26 Å². The highest BCUT2D eigenvalue weighted by atomic mass is 15.1. The number of allylic oxidation sites excluding steroid dienone is 3. The quantitative estimate of drug-likeness (QED) is 0.409. The predicted molar refractivity (Wildman–Crippen MR) is 90.2 cm³/mol. The minimum Gasteiger partial charge on any atom is -0.512 e. The van der Waals surface area contributed by atoms with Gasteiger partial charge in [0, 0.05) is 12.5 Å². The minimum absolute atomic E-state index is 1.26. The van der Waals surface area contributed by atoms with Crippen LogP contribution in [0.3, 0.4) is 0 Å². The molecule has 1 unspecified atom stereocenters. The summed E-state index contributed by atoms with van der Waals surface area (Å²) < 4.78 is 0. The normalized spacial score (nSPS) is 16.4. The first-order chi connectivity index (χ1) is 10.4. The second kappa shape index (κ2) is 15.3. The maximum atomic E-state index is 6.25. The van der Waals surface area contributed by atoms with Gasteiger partial charge in [-0.1, -0.05) is 58.8 Å². The van der Waals surface area contributed by atoms with Crippen LogP contribution < -0.4 is 4.90 Å². The molecule has 0 bridgehead atoms. The Morgan fingerprint density at radius 1 is 0.857 bits per heavy atom. The van der Waals surface area contributed by atoms with Crippen molar-refractivity contribution in [2.75, 3.05) is 6.54 Å². The Balaban J connectivity index is 0.00000191. The Morgan fingerprint density at radius 2 is 1.43 bits per heavy atom. The van der Waals surface area contributed by atoms with Crippen LogP contribution in [0.2, 0.25) is 0 Å². The van der Waals surface area contributed by atoms with Crippen molar-refractivity contribution in [2.45, 2.75) is 84.5 Å². The molecule has 0 saturated carbocycles. The second-order valence-electron chi connectivity index (χ2n) is 5.90. The van der Waals surface area contributed by atoms with Crippen molar-refractivity contribution >= 4 is 0 Å². The second-order valence-corrected chi connectivity index (χ2v) is 5.90. The van der Waals surface area contributed by atoms with Gasteiger partial charge in [0.15, 0.2) is 0 Å². The molecule has 2 heteroatoms. The molecule has 120 valence electrons. The van der Waals surface area contributed by atoms with Gasteiger partial charge in [-0.25, -0.2) is 0 Å². The summed E-state index contributed by atoms with van der Waals surface area (Å²) in [6.07, 6.45) is 22.3. The van der Waals surface area contributed by atoms with Crippen LogP contribution in [0.5, 0.6) is 0 Å². The van der Waals surface area contributed by atoms with Crippen LogP contribution in [-0.2, 0) is 0 Å². The highest BCUT2D eigenvalue weighted by Gasteiger charge is 2.14. The number of hydrogen-bond acceptors (Lipinski definition) is 1. The smallest absolute Gasteiger partial charge is 0.112 e. The molecule has 0 aromatic carbocycles. The van der Waals surface area contributed by atoms with Gasteiger partial charge in [-0.2, -0.15) is 0 Å². The van der Waals surface area contributed by atoms with Gasteiger partial charge < -0.3 is 11.8 Å². The highest BCUT2D eigenvalue weighted by Crippen LogP contribution is 2.09. The Kier molecular flexibility index (Phi) is 14.5. The fourth-order valence-electron chi connectivity index (χ4n) is 2.88. The number of nitrogens with zero attached hydrogens (tertiary/aromatic N) is 1. The third kappa shape index (κ3) is 10.3. The standard InChI is InChI=1S/C18H33N.CN/c1-3-5-6-7-8-9-10-11-12-16-19-17-13-15-18(19)14-4-2;1-2/h13,15,17H,3-12,14,16H2,1-2H3;/q;-1/p+1. The fraction of sp³-hybridized carbons (Fsp3) is 0.737. The van der Waals surface area contributed by atoms with E-state index in [-0.39, 0.29) is 0 Å². The number of rotatable bonds is 12. The van der Waals surface area contributed by atoms with Gasteiger partial charge in [-0.3, -0.25) is 4.90 Å². The first-order valence-corrected chi connectivity index (χ1v) is 8.84. The molecule has 1 atom stereocenters. The van der Waals surface area contributed by atoms with E-state index >= 15 is 0 Å². The van der Waals surface area contributed by atoms with Crippen LogP contribution in [0, 0.1) is 11.8 Å². The molecule has 1 heterocycles. The molecule has 0 radical (unpaired) electrons. The lowest BCUT2D eigenvalue weighted by molar-refractivity contribution is -0.804. The van der Waals surface area contributed by atoms with E-state index in [0.29, 0.717) is 0 Å². The molecule has 1 aliphatic heterocycles. The summed E-state index contributed by atoms with van der Waals surface area (Å²) in [5, 5.41) is 6.25. The van der Waals surface area contributed by atoms with Gasteiger partial charge in [0.2, 0.25) is 0 Å². The average molecular weight is 290 g/mol. The van der Waals surface area contributed by atoms with Gasteiger partial charge in [-0.15, -0.1) is 0 Å². The molecule has 0 amide bonds. The lowest BCUT2D eigenvalue weighted by Gasteiger charge is -2.13. The van der Waals surface area contributed by atoms with E-state index in [0.717, 1.165) is 0 Å². The summed E-state index contributed by atoms with van der Waals surface area (Å²) in [6, 6.07) is 0. The number of unbranched alkanes of at least 4 members (excludes halogenated alkanes) is 8. The topological polar surface area (TPSA) is 28.2 Å². The molecule has 2 nitrogen and oxygen atoms in total. The molecule has 0 aromatic rings. The van der Waals surface area contributed by atoms with E-state index in [1.54, 1.807) is 10.6 Å². The zero-order chi connectivity index (χ0) is 15.8. The van der Waals surface area contributed by atoms with Crippen LogP contribution in [0.4, 0.5) is 0 Å². The van der Waals surface area contributed by atoms with Crippen molar-refractivity contribution < 1.29 is 4.90 Å². The summed E-state index contributed by atoms with van der Waals surface area (Å²) in [4.78, 5) is 1.62. The fourth-order valence-corrected chi connectivity index (χ4v) is 2.88. The van der Waals surface area contributed by atoms with E-state index in [4.69, 9.17) is 11.8 Å².